The van der Waals surface area contributed by atoms with E-state index < -0.39 is 0 Å². The minimum atomic E-state index is 0.478. The maximum atomic E-state index is 8.71. The molecule has 0 aromatic heterocycles. The molecule has 1 aliphatic heterocycles. The molecule has 0 fully saturated rings. The maximum absolute atomic E-state index is 8.71. The lowest BCUT2D eigenvalue weighted by Crippen LogP contribution is -2.21. The van der Waals surface area contributed by atoms with Crippen LogP contribution in [0.15, 0.2) is 11.8 Å². The standard InChI is InChI=1S/C5H9NO/c7-5-2-1-3-6-4-5/h2,6-7H,1,3-4H2. The highest BCUT2D eigenvalue weighted by Crippen LogP contribution is 1.93. The van der Waals surface area contributed by atoms with Crippen molar-refractivity contribution in [2.45, 2.75) is 6.42 Å². The second kappa shape index (κ2) is 1.98. The molecule has 0 bridgehead atoms. The van der Waals surface area contributed by atoms with Crippen molar-refractivity contribution in [3.63, 3.8) is 0 Å². The minimum absolute atomic E-state index is 0.478. The van der Waals surface area contributed by atoms with Gasteiger partial charge in [-0.25, -0.2) is 0 Å². The summed E-state index contributed by atoms with van der Waals surface area (Å²) >= 11 is 0. The third-order valence-electron chi connectivity index (χ3n) is 1.01. The lowest BCUT2D eigenvalue weighted by atomic mass is 10.3. The lowest BCUT2D eigenvalue weighted by Gasteiger charge is -2.06. The zero-order chi connectivity index (χ0) is 5.11. The number of aliphatic hydroxyl groups is 1. The van der Waals surface area contributed by atoms with Gasteiger partial charge in [0, 0.05) is 0 Å². The minimum Gasteiger partial charge on any atom is -0.511 e. The molecule has 2 nitrogen and oxygen atoms in total. The van der Waals surface area contributed by atoms with Crippen molar-refractivity contribution in [1.29, 1.82) is 0 Å². The van der Waals surface area contributed by atoms with Crippen molar-refractivity contribution in [2.24, 2.45) is 0 Å². The summed E-state index contributed by atoms with van der Waals surface area (Å²) in [6, 6.07) is 0. The molecule has 0 atom stereocenters. The first-order chi connectivity index (χ1) is 3.39. The van der Waals surface area contributed by atoms with Crippen molar-refractivity contribution in [3.8, 4) is 0 Å². The van der Waals surface area contributed by atoms with Crippen molar-refractivity contribution >= 4 is 0 Å². The fourth-order valence-corrected chi connectivity index (χ4v) is 0.629. The van der Waals surface area contributed by atoms with Gasteiger partial charge in [0.15, 0.2) is 0 Å². The molecule has 0 aliphatic carbocycles. The molecule has 1 rings (SSSR count). The van der Waals surface area contributed by atoms with E-state index in [0.717, 1.165) is 13.0 Å². The van der Waals surface area contributed by atoms with E-state index in [9.17, 15) is 0 Å². The van der Waals surface area contributed by atoms with Crippen molar-refractivity contribution < 1.29 is 5.11 Å². The van der Waals surface area contributed by atoms with E-state index >= 15 is 0 Å². The van der Waals surface area contributed by atoms with E-state index in [-0.39, 0.29) is 0 Å². The fourth-order valence-electron chi connectivity index (χ4n) is 0.629. The third kappa shape index (κ3) is 1.20. The van der Waals surface area contributed by atoms with E-state index in [1.807, 2.05) is 6.08 Å². The number of rotatable bonds is 0. The van der Waals surface area contributed by atoms with Crippen LogP contribution in [0, 0.1) is 0 Å². The molecule has 0 spiro atoms. The van der Waals surface area contributed by atoms with Gasteiger partial charge in [-0.05, 0) is 19.0 Å². The van der Waals surface area contributed by atoms with Crippen LogP contribution >= 0.6 is 0 Å². The topological polar surface area (TPSA) is 32.3 Å². The Balaban J connectivity index is 2.40. The Bertz CT molecular complexity index is 88.1. The molecule has 0 aromatic carbocycles. The van der Waals surface area contributed by atoms with Gasteiger partial charge < -0.3 is 10.4 Å². The third-order valence-corrected chi connectivity index (χ3v) is 1.01. The van der Waals surface area contributed by atoms with Crippen LogP contribution in [0.25, 0.3) is 0 Å². The monoisotopic (exact) mass is 99.1 g/mol. The van der Waals surface area contributed by atoms with E-state index in [1.165, 1.54) is 0 Å². The van der Waals surface area contributed by atoms with Gasteiger partial charge in [0.1, 0.15) is 5.76 Å². The van der Waals surface area contributed by atoms with Crippen LogP contribution in [0.3, 0.4) is 0 Å². The van der Waals surface area contributed by atoms with Crippen LogP contribution in [0.2, 0.25) is 0 Å². The van der Waals surface area contributed by atoms with E-state index in [2.05, 4.69) is 5.32 Å². The zero-order valence-corrected chi connectivity index (χ0v) is 4.15. The molecule has 1 aliphatic rings. The number of hydrogen-bond acceptors (Lipinski definition) is 2. The van der Waals surface area contributed by atoms with Gasteiger partial charge in [0.05, 0.1) is 6.54 Å². The van der Waals surface area contributed by atoms with Crippen molar-refractivity contribution in [1.82, 2.24) is 5.32 Å². The Morgan fingerprint density at radius 3 is 2.86 bits per heavy atom. The van der Waals surface area contributed by atoms with Crippen molar-refractivity contribution in [3.05, 3.63) is 11.8 Å². The summed E-state index contributed by atoms with van der Waals surface area (Å²) in [6.45, 7) is 1.66. The van der Waals surface area contributed by atoms with Gasteiger partial charge in [0.2, 0.25) is 0 Å². The highest BCUT2D eigenvalue weighted by Gasteiger charge is 1.96. The number of nitrogens with one attached hydrogen (secondary N) is 1. The first-order valence-electron chi connectivity index (χ1n) is 2.48. The first kappa shape index (κ1) is 4.65. The molecule has 1 heterocycles. The Morgan fingerprint density at radius 2 is 2.57 bits per heavy atom. The second-order valence-electron chi connectivity index (χ2n) is 1.66. The molecule has 7 heavy (non-hydrogen) atoms. The Kier molecular flexibility index (Phi) is 1.32. The summed E-state index contributed by atoms with van der Waals surface area (Å²) < 4.78 is 0. The number of hydrogen-bond donors (Lipinski definition) is 2. The van der Waals surface area contributed by atoms with Gasteiger partial charge in [-0.15, -0.1) is 0 Å². The molecule has 0 radical (unpaired) electrons. The summed E-state index contributed by atoms with van der Waals surface area (Å²) in [4.78, 5) is 0. The van der Waals surface area contributed by atoms with Crippen LogP contribution in [0.4, 0.5) is 0 Å². The Hall–Kier alpha value is -0.500. The Labute approximate surface area is 42.8 Å². The zero-order valence-electron chi connectivity index (χ0n) is 4.15. The first-order valence-corrected chi connectivity index (χ1v) is 2.48. The van der Waals surface area contributed by atoms with E-state index in [0.29, 0.717) is 12.3 Å². The van der Waals surface area contributed by atoms with E-state index in [4.69, 9.17) is 5.11 Å². The summed E-state index contributed by atoms with van der Waals surface area (Å²) in [6.07, 6.45) is 2.81. The van der Waals surface area contributed by atoms with E-state index in [1.54, 1.807) is 0 Å². The molecular formula is C5H9NO. The summed E-state index contributed by atoms with van der Waals surface area (Å²) in [7, 11) is 0. The smallest absolute Gasteiger partial charge is 0.102 e. The van der Waals surface area contributed by atoms with Gasteiger partial charge in [0.25, 0.3) is 0 Å². The molecule has 0 aromatic rings. The highest BCUT2D eigenvalue weighted by molar-refractivity contribution is 4.96. The molecule has 0 unspecified atom stereocenters. The summed E-state index contributed by atoms with van der Waals surface area (Å²) in [5.74, 6) is 0.478. The average Bonchev–Trinajstić information content (AvgIpc) is 1.69. The number of aliphatic hydroxyl groups excluding tert-OH is 1. The van der Waals surface area contributed by atoms with Crippen molar-refractivity contribution in [2.75, 3.05) is 13.1 Å². The summed E-state index contributed by atoms with van der Waals surface area (Å²) in [5, 5.41) is 11.7. The SMILES string of the molecule is OC1=CCCNC1. The van der Waals surface area contributed by atoms with Gasteiger partial charge in [-0.2, -0.15) is 0 Å². The molecule has 40 valence electrons. The van der Waals surface area contributed by atoms with Gasteiger partial charge >= 0.3 is 0 Å². The van der Waals surface area contributed by atoms with Gasteiger partial charge in [-0.3, -0.25) is 0 Å². The molecule has 0 amide bonds. The molecular weight excluding hydrogens is 90.1 g/mol. The van der Waals surface area contributed by atoms with Crippen LogP contribution in [0.1, 0.15) is 6.42 Å². The quantitative estimate of drug-likeness (QED) is 0.461. The maximum Gasteiger partial charge on any atom is 0.102 e. The molecule has 2 N–H and O–H groups in total. The normalized spacial score (nSPS) is 21.4. The average molecular weight is 99.1 g/mol. The Morgan fingerprint density at radius 1 is 1.71 bits per heavy atom. The fraction of sp³-hybridized carbons (Fsp3) is 0.600. The molecule has 0 saturated heterocycles. The highest BCUT2D eigenvalue weighted by atomic mass is 16.3. The lowest BCUT2D eigenvalue weighted by molar-refractivity contribution is 0.376. The largest absolute Gasteiger partial charge is 0.511 e. The van der Waals surface area contributed by atoms with Crippen LogP contribution in [0.5, 0.6) is 0 Å². The second-order valence-corrected chi connectivity index (χ2v) is 1.66. The van der Waals surface area contributed by atoms with Crippen LogP contribution in [-0.4, -0.2) is 18.2 Å². The van der Waals surface area contributed by atoms with Crippen LogP contribution < -0.4 is 5.32 Å². The van der Waals surface area contributed by atoms with Gasteiger partial charge in [-0.1, -0.05) is 0 Å². The van der Waals surface area contributed by atoms with Crippen LogP contribution in [-0.2, 0) is 0 Å². The summed E-state index contributed by atoms with van der Waals surface area (Å²) in [5.41, 5.74) is 0. The predicted molar refractivity (Wildman–Crippen MR) is 28.2 cm³/mol. The predicted octanol–water partition coefficient (Wildman–Crippen LogP) is 0.422. The molecule has 0 saturated carbocycles. The molecule has 2 heteroatoms.